The van der Waals surface area contributed by atoms with Gasteiger partial charge in [0.2, 0.25) is 0 Å². The number of carbonyl (C=O) groups excluding carboxylic acids is 2. The van der Waals surface area contributed by atoms with Gasteiger partial charge in [0, 0.05) is 21.7 Å². The fraction of sp³-hybridized carbons (Fsp3) is 0.111. The molecule has 4 nitrogen and oxygen atoms in total. The predicted octanol–water partition coefficient (Wildman–Crippen LogP) is 5.64. The highest BCUT2D eigenvalue weighted by atomic mass is 35.5. The number of aliphatic hydroxyl groups is 1. The minimum atomic E-state index is -2.07. The number of halogens is 2. The topological polar surface area (TPSA) is 57.6 Å². The maximum absolute atomic E-state index is 14.4. The fourth-order valence-electron chi connectivity index (χ4n) is 4.47. The maximum atomic E-state index is 14.4. The summed E-state index contributed by atoms with van der Waals surface area (Å²) in [5.74, 6) is -1.59. The first-order valence-corrected chi connectivity index (χ1v) is 10.9. The second kappa shape index (κ2) is 8.10. The number of para-hydroxylation sites is 1. The van der Waals surface area contributed by atoms with Crippen LogP contribution in [0.25, 0.3) is 10.8 Å². The van der Waals surface area contributed by atoms with Gasteiger partial charge in [-0.25, -0.2) is 4.39 Å². The van der Waals surface area contributed by atoms with E-state index in [1.807, 2.05) is 30.3 Å². The third-order valence-corrected chi connectivity index (χ3v) is 6.48. The molecule has 0 radical (unpaired) electrons. The van der Waals surface area contributed by atoms with Crippen LogP contribution in [0.15, 0.2) is 84.9 Å². The Kier molecular flexibility index (Phi) is 5.23. The Hall–Kier alpha value is -3.54. The van der Waals surface area contributed by atoms with Crippen molar-refractivity contribution < 1.29 is 19.1 Å². The molecule has 1 atom stereocenters. The molecular weight excluding hydrogens is 441 g/mol. The number of amides is 1. The van der Waals surface area contributed by atoms with Gasteiger partial charge in [-0.05, 0) is 29.0 Å². The Bertz CT molecular complexity index is 1390. The van der Waals surface area contributed by atoms with Crippen LogP contribution < -0.4 is 4.90 Å². The molecule has 1 aliphatic heterocycles. The number of benzene rings is 4. The number of ketones is 1. The zero-order valence-electron chi connectivity index (χ0n) is 17.5. The molecule has 0 bridgehead atoms. The van der Waals surface area contributed by atoms with Gasteiger partial charge in [-0.15, -0.1) is 0 Å². The summed E-state index contributed by atoms with van der Waals surface area (Å²) >= 11 is 6.18. The zero-order valence-corrected chi connectivity index (χ0v) is 18.2. The van der Waals surface area contributed by atoms with Crippen molar-refractivity contribution in [3.05, 3.63) is 112 Å². The van der Waals surface area contributed by atoms with Crippen LogP contribution in [0.2, 0.25) is 5.02 Å². The normalized spacial score (nSPS) is 17.4. The molecule has 1 aliphatic rings. The van der Waals surface area contributed by atoms with E-state index in [0.29, 0.717) is 16.8 Å². The molecule has 4 aromatic rings. The highest BCUT2D eigenvalue weighted by Crippen LogP contribution is 2.44. The molecule has 1 N–H and O–H groups in total. The van der Waals surface area contributed by atoms with Crippen molar-refractivity contribution in [3.63, 3.8) is 0 Å². The van der Waals surface area contributed by atoms with Gasteiger partial charge in [0.05, 0.1) is 18.7 Å². The minimum Gasteiger partial charge on any atom is -0.375 e. The van der Waals surface area contributed by atoms with Gasteiger partial charge in [-0.3, -0.25) is 9.59 Å². The van der Waals surface area contributed by atoms with Crippen molar-refractivity contribution in [2.24, 2.45) is 0 Å². The summed E-state index contributed by atoms with van der Waals surface area (Å²) in [6, 6.07) is 23.8. The molecule has 0 aromatic heterocycles. The smallest absolute Gasteiger partial charge is 0.264 e. The van der Waals surface area contributed by atoms with Crippen LogP contribution in [0.5, 0.6) is 0 Å². The van der Waals surface area contributed by atoms with Crippen LogP contribution >= 0.6 is 11.6 Å². The third-order valence-electron chi connectivity index (χ3n) is 6.12. The van der Waals surface area contributed by atoms with Gasteiger partial charge < -0.3 is 10.0 Å². The highest BCUT2D eigenvalue weighted by molar-refractivity contribution is 6.31. The lowest BCUT2D eigenvalue weighted by Gasteiger charge is -2.23. The Morgan fingerprint density at radius 2 is 1.64 bits per heavy atom. The van der Waals surface area contributed by atoms with Gasteiger partial charge in [0.1, 0.15) is 5.82 Å². The van der Waals surface area contributed by atoms with Crippen LogP contribution in [-0.4, -0.2) is 16.8 Å². The third kappa shape index (κ3) is 3.50. The quantitative estimate of drug-likeness (QED) is 0.393. The van der Waals surface area contributed by atoms with Gasteiger partial charge >= 0.3 is 0 Å². The number of nitrogens with zero attached hydrogens (tertiary/aromatic N) is 1. The van der Waals surface area contributed by atoms with E-state index in [1.54, 1.807) is 42.5 Å². The minimum absolute atomic E-state index is 0.145. The molecule has 0 saturated carbocycles. The van der Waals surface area contributed by atoms with Crippen LogP contribution in [0.1, 0.15) is 27.9 Å². The molecule has 0 fully saturated rings. The predicted molar refractivity (Wildman–Crippen MR) is 126 cm³/mol. The summed E-state index contributed by atoms with van der Waals surface area (Å²) in [5, 5.41) is 13.4. The van der Waals surface area contributed by atoms with E-state index < -0.39 is 23.7 Å². The Balaban J connectivity index is 1.54. The lowest BCUT2D eigenvalue weighted by Crippen LogP contribution is -2.41. The second-order valence-corrected chi connectivity index (χ2v) is 8.50. The van der Waals surface area contributed by atoms with Crippen molar-refractivity contribution >= 4 is 39.8 Å². The average Bonchev–Trinajstić information content (AvgIpc) is 3.02. The zero-order chi connectivity index (χ0) is 23.2. The Morgan fingerprint density at radius 3 is 2.45 bits per heavy atom. The van der Waals surface area contributed by atoms with Gasteiger partial charge in [0.15, 0.2) is 11.4 Å². The van der Waals surface area contributed by atoms with E-state index in [0.717, 1.165) is 10.8 Å². The molecule has 0 spiro atoms. The standard InChI is InChI=1S/C27H19ClFNO3/c28-22-12-6-13-23(29)20(22)16-30-24-14-4-3-11-21(24)27(33,26(30)32)15-25(31)19-10-5-8-17-7-1-2-9-18(17)19/h1-14,33H,15-16H2. The first kappa shape index (κ1) is 21.3. The van der Waals surface area contributed by atoms with Gasteiger partial charge in [-0.2, -0.15) is 0 Å². The summed E-state index contributed by atoms with van der Waals surface area (Å²) in [4.78, 5) is 28.1. The summed E-state index contributed by atoms with van der Waals surface area (Å²) in [6.07, 6.45) is -0.432. The Morgan fingerprint density at radius 1 is 0.939 bits per heavy atom. The van der Waals surface area contributed by atoms with E-state index >= 15 is 0 Å². The van der Waals surface area contributed by atoms with Crippen LogP contribution in [0, 0.1) is 5.82 Å². The highest BCUT2D eigenvalue weighted by Gasteiger charge is 2.51. The lowest BCUT2D eigenvalue weighted by molar-refractivity contribution is -0.136. The molecule has 5 rings (SSSR count). The number of anilines is 1. The molecule has 4 aromatic carbocycles. The molecule has 1 amide bonds. The second-order valence-electron chi connectivity index (χ2n) is 8.10. The first-order valence-electron chi connectivity index (χ1n) is 10.5. The SMILES string of the molecule is O=C(CC1(O)C(=O)N(Cc2c(F)cccc2Cl)c2ccccc21)c1cccc2ccccc12. The van der Waals surface area contributed by atoms with E-state index in [-0.39, 0.29) is 22.9 Å². The number of fused-ring (bicyclic) bond motifs is 2. The van der Waals surface area contributed by atoms with Crippen LogP contribution in [0.4, 0.5) is 10.1 Å². The molecular formula is C27H19ClFNO3. The van der Waals surface area contributed by atoms with E-state index in [9.17, 15) is 19.1 Å². The van der Waals surface area contributed by atoms with E-state index in [1.165, 1.54) is 17.0 Å². The molecule has 0 saturated heterocycles. The largest absolute Gasteiger partial charge is 0.375 e. The van der Waals surface area contributed by atoms with Crippen molar-refractivity contribution in [3.8, 4) is 0 Å². The number of hydrogen-bond acceptors (Lipinski definition) is 3. The van der Waals surface area contributed by atoms with E-state index in [4.69, 9.17) is 11.6 Å². The summed E-state index contributed by atoms with van der Waals surface area (Å²) in [5.41, 5.74) is -0.747. The number of carbonyl (C=O) groups is 2. The summed E-state index contributed by atoms with van der Waals surface area (Å²) in [6.45, 7) is -0.161. The van der Waals surface area contributed by atoms with Crippen molar-refractivity contribution in [1.29, 1.82) is 0 Å². The average molecular weight is 460 g/mol. The van der Waals surface area contributed by atoms with Crippen molar-refractivity contribution in [2.75, 3.05) is 4.90 Å². The number of Topliss-reactive ketones (excluding diaryl/α,β-unsaturated/α-hetero) is 1. The Labute approximate surface area is 194 Å². The number of rotatable bonds is 5. The van der Waals surface area contributed by atoms with Gasteiger partial charge in [0.25, 0.3) is 5.91 Å². The lowest BCUT2D eigenvalue weighted by atomic mass is 9.87. The van der Waals surface area contributed by atoms with Crippen LogP contribution in [0.3, 0.4) is 0 Å². The van der Waals surface area contributed by atoms with Gasteiger partial charge in [-0.1, -0.05) is 78.3 Å². The van der Waals surface area contributed by atoms with E-state index in [2.05, 4.69) is 0 Å². The first-order chi connectivity index (χ1) is 15.9. The van der Waals surface area contributed by atoms with Crippen LogP contribution in [-0.2, 0) is 16.9 Å². The molecule has 0 aliphatic carbocycles. The molecule has 6 heteroatoms. The monoisotopic (exact) mass is 459 g/mol. The van der Waals surface area contributed by atoms with Crippen molar-refractivity contribution in [2.45, 2.75) is 18.6 Å². The summed E-state index contributed by atoms with van der Waals surface area (Å²) in [7, 11) is 0. The molecule has 164 valence electrons. The molecule has 1 unspecified atom stereocenters. The molecule has 33 heavy (non-hydrogen) atoms. The summed E-state index contributed by atoms with van der Waals surface area (Å²) < 4.78 is 14.4. The number of hydrogen-bond donors (Lipinski definition) is 1. The molecule has 1 heterocycles. The van der Waals surface area contributed by atoms with Crippen molar-refractivity contribution in [1.82, 2.24) is 0 Å². The maximum Gasteiger partial charge on any atom is 0.264 e. The fourth-order valence-corrected chi connectivity index (χ4v) is 4.69.